The number of hydrogen-bond acceptors (Lipinski definition) is 4. The minimum Gasteiger partial charge on any atom is -0.478 e. The van der Waals surface area contributed by atoms with Crippen molar-refractivity contribution in [3.05, 3.63) is 28.2 Å². The number of nitrogens with one attached hydrogen (secondary N) is 1. The minimum absolute atomic E-state index is 0.0961. The molecule has 0 unspecified atom stereocenters. The van der Waals surface area contributed by atoms with Gasteiger partial charge in [0.15, 0.2) is 0 Å². The fraction of sp³-hybridized carbons (Fsp3) is 0.333. The van der Waals surface area contributed by atoms with E-state index in [4.69, 9.17) is 14.6 Å². The van der Waals surface area contributed by atoms with Crippen molar-refractivity contribution in [3.8, 4) is 0 Å². The molecule has 1 rings (SSSR count). The van der Waals surface area contributed by atoms with E-state index in [-0.39, 0.29) is 18.1 Å². The summed E-state index contributed by atoms with van der Waals surface area (Å²) in [5.41, 5.74) is 0.485. The fourth-order valence-electron chi connectivity index (χ4n) is 1.25. The van der Waals surface area contributed by atoms with Crippen molar-refractivity contribution >= 4 is 33.5 Å². The van der Waals surface area contributed by atoms with Crippen molar-refractivity contribution in [2.24, 2.45) is 0 Å². The smallest absolute Gasteiger partial charge is 0.335 e. The molecule has 104 valence electrons. The highest BCUT2D eigenvalue weighted by atomic mass is 79.9. The van der Waals surface area contributed by atoms with Crippen LogP contribution < -0.4 is 5.32 Å². The van der Waals surface area contributed by atoms with Crippen molar-refractivity contribution in [1.82, 2.24) is 0 Å². The molecule has 0 aliphatic rings. The summed E-state index contributed by atoms with van der Waals surface area (Å²) in [7, 11) is 1.54. The average Bonchev–Trinajstić information content (AvgIpc) is 2.37. The van der Waals surface area contributed by atoms with Crippen LogP contribution in [0.3, 0.4) is 0 Å². The zero-order chi connectivity index (χ0) is 14.3. The molecular weight excluding hydrogens is 318 g/mol. The van der Waals surface area contributed by atoms with Gasteiger partial charge in [-0.05, 0) is 34.1 Å². The van der Waals surface area contributed by atoms with Crippen molar-refractivity contribution in [1.29, 1.82) is 0 Å². The molecule has 0 aliphatic heterocycles. The van der Waals surface area contributed by atoms with Gasteiger partial charge in [0.2, 0.25) is 5.91 Å². The third-order valence-electron chi connectivity index (χ3n) is 2.15. The van der Waals surface area contributed by atoms with Gasteiger partial charge in [-0.15, -0.1) is 0 Å². The first kappa shape index (κ1) is 15.6. The van der Waals surface area contributed by atoms with Gasteiger partial charge in [0.1, 0.15) is 6.61 Å². The van der Waals surface area contributed by atoms with Crippen LogP contribution in [0, 0.1) is 0 Å². The molecule has 0 heterocycles. The van der Waals surface area contributed by atoms with E-state index in [2.05, 4.69) is 21.2 Å². The lowest BCUT2D eigenvalue weighted by atomic mass is 10.2. The molecule has 0 aromatic heterocycles. The van der Waals surface area contributed by atoms with E-state index in [0.29, 0.717) is 23.4 Å². The predicted molar refractivity (Wildman–Crippen MR) is 72.4 cm³/mol. The third kappa shape index (κ3) is 5.37. The van der Waals surface area contributed by atoms with Gasteiger partial charge in [-0.3, -0.25) is 4.79 Å². The summed E-state index contributed by atoms with van der Waals surface area (Å²) in [5, 5.41) is 11.4. The molecule has 0 spiro atoms. The van der Waals surface area contributed by atoms with Crippen molar-refractivity contribution in [2.75, 3.05) is 32.2 Å². The van der Waals surface area contributed by atoms with Crippen LogP contribution in [0.2, 0.25) is 0 Å². The first-order chi connectivity index (χ1) is 9.04. The molecule has 1 aromatic carbocycles. The molecule has 0 radical (unpaired) electrons. The summed E-state index contributed by atoms with van der Waals surface area (Å²) in [6.45, 7) is 0.610. The van der Waals surface area contributed by atoms with Crippen LogP contribution in [0.25, 0.3) is 0 Å². The first-order valence-electron chi connectivity index (χ1n) is 5.44. The second-order valence-electron chi connectivity index (χ2n) is 3.59. The maximum atomic E-state index is 11.6. The fourth-order valence-corrected chi connectivity index (χ4v) is 1.59. The quantitative estimate of drug-likeness (QED) is 0.743. The van der Waals surface area contributed by atoms with Gasteiger partial charge in [-0.1, -0.05) is 0 Å². The normalized spacial score (nSPS) is 10.2. The molecule has 1 aromatic rings. The second-order valence-corrected chi connectivity index (χ2v) is 4.45. The van der Waals surface area contributed by atoms with Crippen LogP contribution in [-0.4, -0.2) is 43.9 Å². The summed E-state index contributed by atoms with van der Waals surface area (Å²) in [6.07, 6.45) is 0. The van der Waals surface area contributed by atoms with Gasteiger partial charge in [-0.2, -0.15) is 0 Å². The van der Waals surface area contributed by atoms with Gasteiger partial charge in [0.05, 0.1) is 24.5 Å². The Hall–Kier alpha value is -1.44. The number of carbonyl (C=O) groups excluding carboxylic acids is 1. The number of anilines is 1. The number of carboxylic acid groups (broad SMARTS) is 1. The molecule has 0 aliphatic carbocycles. The summed E-state index contributed by atoms with van der Waals surface area (Å²) in [5.74, 6) is -1.42. The monoisotopic (exact) mass is 331 g/mol. The maximum Gasteiger partial charge on any atom is 0.335 e. The van der Waals surface area contributed by atoms with Crippen molar-refractivity contribution in [3.63, 3.8) is 0 Å². The summed E-state index contributed by atoms with van der Waals surface area (Å²) < 4.78 is 10.4. The SMILES string of the molecule is COCCOCC(=O)Nc1cc(C(=O)O)ccc1Br. The van der Waals surface area contributed by atoms with Gasteiger partial charge in [0.25, 0.3) is 0 Å². The Morgan fingerprint density at radius 3 is 2.74 bits per heavy atom. The Balaban J connectivity index is 2.58. The molecule has 0 bridgehead atoms. The van der Waals surface area contributed by atoms with E-state index < -0.39 is 5.97 Å². The average molecular weight is 332 g/mol. The van der Waals surface area contributed by atoms with Crippen molar-refractivity contribution in [2.45, 2.75) is 0 Å². The number of hydrogen-bond donors (Lipinski definition) is 2. The highest BCUT2D eigenvalue weighted by Crippen LogP contribution is 2.23. The number of ether oxygens (including phenoxy) is 2. The molecule has 0 fully saturated rings. The predicted octanol–water partition coefficient (Wildman–Crippen LogP) is 1.75. The number of carbonyl (C=O) groups is 2. The number of rotatable bonds is 7. The Labute approximate surface area is 118 Å². The number of methoxy groups -OCH3 is 1. The minimum atomic E-state index is -1.06. The van der Waals surface area contributed by atoms with Crippen LogP contribution >= 0.6 is 15.9 Å². The topological polar surface area (TPSA) is 84.9 Å². The number of aromatic carboxylic acids is 1. The number of benzene rings is 1. The molecule has 2 N–H and O–H groups in total. The van der Waals surface area contributed by atoms with E-state index >= 15 is 0 Å². The lowest BCUT2D eigenvalue weighted by Crippen LogP contribution is -2.20. The Morgan fingerprint density at radius 1 is 1.37 bits per heavy atom. The highest BCUT2D eigenvalue weighted by molar-refractivity contribution is 9.10. The van der Waals surface area contributed by atoms with Gasteiger partial charge >= 0.3 is 5.97 Å². The molecule has 19 heavy (non-hydrogen) atoms. The Morgan fingerprint density at radius 2 is 2.11 bits per heavy atom. The molecule has 7 heteroatoms. The van der Waals surface area contributed by atoms with Crippen molar-refractivity contribution < 1.29 is 24.2 Å². The van der Waals surface area contributed by atoms with Gasteiger partial charge in [0, 0.05) is 11.6 Å². The molecule has 0 saturated carbocycles. The Bertz CT molecular complexity index is 463. The van der Waals surface area contributed by atoms with E-state index in [1.54, 1.807) is 6.07 Å². The number of carboxylic acids is 1. The van der Waals surface area contributed by atoms with Crippen LogP contribution in [0.1, 0.15) is 10.4 Å². The van der Waals surface area contributed by atoms with Crippen LogP contribution in [0.4, 0.5) is 5.69 Å². The summed E-state index contributed by atoms with van der Waals surface area (Å²) in [6, 6.07) is 4.38. The van der Waals surface area contributed by atoms with Gasteiger partial charge in [-0.25, -0.2) is 4.79 Å². The van der Waals surface area contributed by atoms with Crippen LogP contribution in [-0.2, 0) is 14.3 Å². The number of halogens is 1. The summed E-state index contributed by atoms with van der Waals surface area (Å²) >= 11 is 3.23. The zero-order valence-corrected chi connectivity index (χ0v) is 11.9. The summed E-state index contributed by atoms with van der Waals surface area (Å²) in [4.78, 5) is 22.4. The Kier molecular flexibility index (Phi) is 6.48. The standard InChI is InChI=1S/C12H14BrNO5/c1-18-4-5-19-7-11(15)14-10-6-8(12(16)17)2-3-9(10)13/h2-3,6H,4-5,7H2,1H3,(H,14,15)(H,16,17). The molecular formula is C12H14BrNO5. The first-order valence-corrected chi connectivity index (χ1v) is 6.23. The second kappa shape index (κ2) is 7.88. The zero-order valence-electron chi connectivity index (χ0n) is 10.3. The molecule has 6 nitrogen and oxygen atoms in total. The van der Waals surface area contributed by atoms with E-state index in [1.165, 1.54) is 19.2 Å². The van der Waals surface area contributed by atoms with Gasteiger partial charge < -0.3 is 19.9 Å². The highest BCUT2D eigenvalue weighted by Gasteiger charge is 2.09. The van der Waals surface area contributed by atoms with Crippen LogP contribution in [0.15, 0.2) is 22.7 Å². The third-order valence-corrected chi connectivity index (χ3v) is 2.84. The largest absolute Gasteiger partial charge is 0.478 e. The lowest BCUT2D eigenvalue weighted by Gasteiger charge is -2.08. The van der Waals surface area contributed by atoms with E-state index in [0.717, 1.165) is 0 Å². The molecule has 0 atom stereocenters. The number of amides is 1. The van der Waals surface area contributed by atoms with Crippen LogP contribution in [0.5, 0.6) is 0 Å². The maximum absolute atomic E-state index is 11.6. The molecule has 0 saturated heterocycles. The van der Waals surface area contributed by atoms with E-state index in [1.807, 2.05) is 0 Å². The lowest BCUT2D eigenvalue weighted by molar-refractivity contribution is -0.121. The van der Waals surface area contributed by atoms with E-state index in [9.17, 15) is 9.59 Å². The molecule has 1 amide bonds.